The Morgan fingerprint density at radius 2 is 1.62 bits per heavy atom. The molecule has 0 bridgehead atoms. The summed E-state index contributed by atoms with van der Waals surface area (Å²) in [6.45, 7) is 2.65. The second-order valence-electron chi connectivity index (χ2n) is 7.78. The fourth-order valence-electron chi connectivity index (χ4n) is 2.63. The van der Waals surface area contributed by atoms with Crippen molar-refractivity contribution in [2.75, 3.05) is 27.7 Å². The molecule has 0 aliphatic carbocycles. The number of carbonyl (C=O) groups excluding carboxylic acids is 2. The maximum atomic E-state index is 11.9. The van der Waals surface area contributed by atoms with Gasteiger partial charge in [-0.15, -0.1) is 0 Å². The largest absolute Gasteiger partial charge is 0.550 e. The minimum atomic E-state index is -1.20. The summed E-state index contributed by atoms with van der Waals surface area (Å²) in [5, 5.41) is 10.8. The molecule has 5 nitrogen and oxygen atoms in total. The van der Waals surface area contributed by atoms with E-state index in [2.05, 4.69) is 13.0 Å². The smallest absolute Gasteiger partial charge is 0.310 e. The summed E-state index contributed by atoms with van der Waals surface area (Å²) in [5.74, 6) is -1.62. The van der Waals surface area contributed by atoms with Crippen molar-refractivity contribution in [1.29, 1.82) is 0 Å². The third-order valence-corrected chi connectivity index (χ3v) is 3.84. The number of ether oxygens (including phenoxy) is 1. The molecular weight excluding hydrogens is 330 g/mol. The Bertz CT molecular complexity index is 449. The Kier molecular flexibility index (Phi) is 13.6. The average Bonchev–Trinajstić information content (AvgIpc) is 2.50. The van der Waals surface area contributed by atoms with Crippen LogP contribution < -0.4 is 5.11 Å². The second kappa shape index (κ2) is 14.5. The van der Waals surface area contributed by atoms with E-state index in [1.165, 1.54) is 38.5 Å². The number of carboxylic acid groups (broad SMARTS) is 1. The van der Waals surface area contributed by atoms with E-state index in [1.54, 1.807) is 6.08 Å². The van der Waals surface area contributed by atoms with E-state index < -0.39 is 18.0 Å². The lowest BCUT2D eigenvalue weighted by Crippen LogP contribution is -2.45. The van der Waals surface area contributed by atoms with Crippen LogP contribution in [0.1, 0.15) is 64.7 Å². The predicted octanol–water partition coefficient (Wildman–Crippen LogP) is 3.00. The van der Waals surface area contributed by atoms with Gasteiger partial charge in [0.15, 0.2) is 6.10 Å². The van der Waals surface area contributed by atoms with E-state index in [0.717, 1.165) is 6.42 Å². The van der Waals surface area contributed by atoms with E-state index in [1.807, 2.05) is 33.3 Å². The molecule has 0 unspecified atom stereocenters. The molecule has 0 aromatic rings. The van der Waals surface area contributed by atoms with Crippen LogP contribution in [0.25, 0.3) is 0 Å². The van der Waals surface area contributed by atoms with Crippen LogP contribution in [0, 0.1) is 0 Å². The Balaban J connectivity index is 4.00. The highest BCUT2D eigenvalue weighted by molar-refractivity contribution is 5.72. The Morgan fingerprint density at radius 1 is 1.00 bits per heavy atom. The second-order valence-corrected chi connectivity index (χ2v) is 7.78. The number of hydrogen-bond donors (Lipinski definition) is 0. The lowest BCUT2D eigenvalue weighted by molar-refractivity contribution is -0.873. The van der Waals surface area contributed by atoms with E-state index in [9.17, 15) is 14.7 Å². The number of esters is 1. The summed E-state index contributed by atoms with van der Waals surface area (Å²) < 4.78 is 5.79. The van der Waals surface area contributed by atoms with Crippen LogP contribution in [-0.2, 0) is 14.3 Å². The number of allylic oxidation sites excluding steroid dienone is 3. The van der Waals surface area contributed by atoms with Gasteiger partial charge in [0.1, 0.15) is 6.54 Å². The maximum absolute atomic E-state index is 11.9. The van der Waals surface area contributed by atoms with E-state index in [4.69, 9.17) is 4.74 Å². The quantitative estimate of drug-likeness (QED) is 0.193. The molecule has 1 atom stereocenters. The first-order chi connectivity index (χ1) is 12.2. The van der Waals surface area contributed by atoms with Gasteiger partial charge in [-0.2, -0.15) is 0 Å². The minimum Gasteiger partial charge on any atom is -0.550 e. The molecule has 5 heteroatoms. The summed E-state index contributed by atoms with van der Waals surface area (Å²) in [5.41, 5.74) is 0. The van der Waals surface area contributed by atoms with Crippen molar-refractivity contribution in [3.63, 3.8) is 0 Å². The van der Waals surface area contributed by atoms with Crippen LogP contribution in [0.4, 0.5) is 0 Å². The van der Waals surface area contributed by atoms with Crippen LogP contribution in [-0.4, -0.2) is 50.2 Å². The number of carboxylic acids is 1. The van der Waals surface area contributed by atoms with Gasteiger partial charge in [-0.05, 0) is 12.8 Å². The van der Waals surface area contributed by atoms with E-state index in [0.29, 0.717) is 11.0 Å². The highest BCUT2D eigenvalue weighted by Crippen LogP contribution is 2.08. The molecule has 0 heterocycles. The van der Waals surface area contributed by atoms with Crippen molar-refractivity contribution in [3.05, 3.63) is 24.3 Å². The zero-order chi connectivity index (χ0) is 19.8. The SMILES string of the molecule is CCCCCCCC/C=C/C=C/CC(=O)O[C@@H](CC(=O)[O-])C[N+](C)(C)C. The molecule has 0 spiro atoms. The summed E-state index contributed by atoms with van der Waals surface area (Å²) in [6, 6.07) is 0. The summed E-state index contributed by atoms with van der Waals surface area (Å²) in [7, 11) is 5.76. The van der Waals surface area contributed by atoms with Gasteiger partial charge in [-0.1, -0.05) is 63.3 Å². The number of hydrogen-bond acceptors (Lipinski definition) is 4. The van der Waals surface area contributed by atoms with Gasteiger partial charge in [0.25, 0.3) is 0 Å². The molecule has 0 aliphatic rings. The lowest BCUT2D eigenvalue weighted by Gasteiger charge is -2.29. The molecule has 0 N–H and O–H groups in total. The van der Waals surface area contributed by atoms with Crippen LogP contribution in [0.15, 0.2) is 24.3 Å². The Morgan fingerprint density at radius 3 is 2.23 bits per heavy atom. The summed E-state index contributed by atoms with van der Waals surface area (Å²) >= 11 is 0. The first-order valence-electron chi connectivity index (χ1n) is 9.76. The zero-order valence-electron chi connectivity index (χ0n) is 17.0. The minimum absolute atomic E-state index is 0.141. The molecule has 0 aromatic heterocycles. The van der Waals surface area contributed by atoms with Gasteiger partial charge in [0.2, 0.25) is 0 Å². The normalized spacial score (nSPS) is 13.4. The third kappa shape index (κ3) is 17.2. The first kappa shape index (κ1) is 24.4. The highest BCUT2D eigenvalue weighted by Gasteiger charge is 2.21. The van der Waals surface area contributed by atoms with Crippen molar-refractivity contribution in [2.24, 2.45) is 0 Å². The topological polar surface area (TPSA) is 66.4 Å². The zero-order valence-corrected chi connectivity index (χ0v) is 17.0. The molecule has 150 valence electrons. The number of aliphatic carboxylic acids is 1. The van der Waals surface area contributed by atoms with Crippen LogP contribution >= 0.6 is 0 Å². The van der Waals surface area contributed by atoms with Crippen molar-refractivity contribution >= 4 is 11.9 Å². The molecule has 0 rings (SSSR count). The van der Waals surface area contributed by atoms with Crippen molar-refractivity contribution < 1.29 is 23.9 Å². The van der Waals surface area contributed by atoms with Crippen LogP contribution in [0.2, 0.25) is 0 Å². The van der Waals surface area contributed by atoms with Gasteiger partial charge in [-0.25, -0.2) is 0 Å². The van der Waals surface area contributed by atoms with Crippen molar-refractivity contribution in [2.45, 2.75) is 70.8 Å². The molecular formula is C21H37NO4. The molecule has 0 radical (unpaired) electrons. The van der Waals surface area contributed by atoms with Crippen LogP contribution in [0.5, 0.6) is 0 Å². The number of unbranched alkanes of at least 4 members (excludes halogenated alkanes) is 6. The van der Waals surface area contributed by atoms with E-state index >= 15 is 0 Å². The standard InChI is InChI=1S/C21H37NO4/c1-5-6-7-8-9-10-11-12-13-14-15-16-21(25)26-19(17-20(23)24)18-22(2,3)4/h12-15,19H,5-11,16-18H2,1-4H3/b13-12+,15-14+/t19-/m0/s1. The molecule has 0 aliphatic heterocycles. The molecule has 0 fully saturated rings. The van der Waals surface area contributed by atoms with Gasteiger partial charge in [0, 0.05) is 12.4 Å². The predicted molar refractivity (Wildman–Crippen MR) is 103 cm³/mol. The molecule has 26 heavy (non-hydrogen) atoms. The first-order valence-corrected chi connectivity index (χ1v) is 9.76. The third-order valence-electron chi connectivity index (χ3n) is 3.84. The number of nitrogens with zero attached hydrogens (tertiary/aromatic N) is 1. The number of quaternary nitrogens is 1. The summed E-state index contributed by atoms with van der Waals surface area (Å²) in [4.78, 5) is 22.7. The molecule has 0 saturated carbocycles. The van der Waals surface area contributed by atoms with Gasteiger partial charge in [0.05, 0.1) is 27.6 Å². The fourth-order valence-corrected chi connectivity index (χ4v) is 2.63. The van der Waals surface area contributed by atoms with Crippen molar-refractivity contribution in [3.8, 4) is 0 Å². The van der Waals surface area contributed by atoms with Gasteiger partial charge < -0.3 is 19.1 Å². The molecule has 0 amide bonds. The average molecular weight is 368 g/mol. The lowest BCUT2D eigenvalue weighted by atomic mass is 10.1. The fraction of sp³-hybridized carbons (Fsp3) is 0.714. The van der Waals surface area contributed by atoms with E-state index in [-0.39, 0.29) is 12.8 Å². The number of likely N-dealkylation sites (N-methyl/N-ethyl adjacent to an activating group) is 1. The van der Waals surface area contributed by atoms with Gasteiger partial charge in [-0.3, -0.25) is 4.79 Å². The highest BCUT2D eigenvalue weighted by atomic mass is 16.5. The summed E-state index contributed by atoms with van der Waals surface area (Å²) in [6.07, 6.45) is 15.6. The molecule has 0 aromatic carbocycles. The van der Waals surface area contributed by atoms with Crippen molar-refractivity contribution in [1.82, 2.24) is 0 Å². The van der Waals surface area contributed by atoms with Crippen LogP contribution in [0.3, 0.4) is 0 Å². The number of carbonyl (C=O) groups is 2. The molecule has 0 saturated heterocycles. The monoisotopic (exact) mass is 367 g/mol. The van der Waals surface area contributed by atoms with Gasteiger partial charge >= 0.3 is 5.97 Å². The Hall–Kier alpha value is -1.62. The Labute approximate surface area is 159 Å². The maximum Gasteiger partial charge on any atom is 0.310 e. The number of rotatable bonds is 15.